The van der Waals surface area contributed by atoms with E-state index in [1.54, 1.807) is 18.2 Å². The molecule has 1 aromatic rings. The van der Waals surface area contributed by atoms with E-state index in [1.807, 2.05) is 6.07 Å². The monoisotopic (exact) mass is 303 g/mol. The third-order valence-corrected chi connectivity index (χ3v) is 3.07. The Bertz CT molecular complexity index is 522. The van der Waals surface area contributed by atoms with Gasteiger partial charge in [-0.3, -0.25) is 0 Å². The molecule has 86 valence electrons. The van der Waals surface area contributed by atoms with E-state index in [2.05, 4.69) is 21.2 Å². The summed E-state index contributed by atoms with van der Waals surface area (Å²) in [6, 6.07) is 7.10. The van der Waals surface area contributed by atoms with E-state index in [0.29, 0.717) is 11.3 Å². The highest BCUT2D eigenvalue weighted by molar-refractivity contribution is 9.10. The summed E-state index contributed by atoms with van der Waals surface area (Å²) in [6.45, 7) is 0.171. The van der Waals surface area contributed by atoms with Gasteiger partial charge in [0, 0.05) is 11.0 Å². The molecule has 0 aliphatic rings. The molecular formula is C9H10BrN3O2S. The molecule has 0 radical (unpaired) electrons. The predicted octanol–water partition coefficient (Wildman–Crippen LogP) is 1.02. The Labute approximate surface area is 102 Å². The summed E-state index contributed by atoms with van der Waals surface area (Å²) in [5.41, 5.74) is 1.04. The highest BCUT2D eigenvalue weighted by Gasteiger charge is 2.05. The molecule has 1 aromatic carbocycles. The van der Waals surface area contributed by atoms with E-state index >= 15 is 0 Å². The SMILES string of the molecule is N#Cc1ccc(Br)cc1NCCS(N)(=O)=O. The number of hydrogen-bond donors (Lipinski definition) is 2. The first-order valence-electron chi connectivity index (χ1n) is 4.36. The van der Waals surface area contributed by atoms with E-state index in [4.69, 9.17) is 10.4 Å². The number of halogens is 1. The van der Waals surface area contributed by atoms with Crippen molar-refractivity contribution in [2.45, 2.75) is 0 Å². The van der Waals surface area contributed by atoms with Crippen molar-refractivity contribution >= 4 is 31.6 Å². The number of primary sulfonamides is 1. The average molecular weight is 304 g/mol. The molecule has 0 spiro atoms. The number of sulfonamides is 1. The zero-order chi connectivity index (χ0) is 12.2. The summed E-state index contributed by atoms with van der Waals surface area (Å²) < 4.78 is 22.2. The zero-order valence-corrected chi connectivity index (χ0v) is 10.7. The Balaban J connectivity index is 2.74. The van der Waals surface area contributed by atoms with Crippen LogP contribution in [0.15, 0.2) is 22.7 Å². The van der Waals surface area contributed by atoms with Crippen LogP contribution in [0.4, 0.5) is 5.69 Å². The molecule has 0 aliphatic carbocycles. The Morgan fingerprint density at radius 2 is 2.19 bits per heavy atom. The van der Waals surface area contributed by atoms with Crippen LogP contribution in [0.1, 0.15) is 5.56 Å². The molecule has 0 saturated heterocycles. The predicted molar refractivity (Wildman–Crippen MR) is 65.3 cm³/mol. The fourth-order valence-electron chi connectivity index (χ4n) is 1.09. The lowest BCUT2D eigenvalue weighted by Gasteiger charge is -2.07. The minimum absolute atomic E-state index is 0.171. The van der Waals surface area contributed by atoms with Crippen molar-refractivity contribution in [3.8, 4) is 6.07 Å². The first kappa shape index (κ1) is 13.0. The lowest BCUT2D eigenvalue weighted by Crippen LogP contribution is -2.22. The highest BCUT2D eigenvalue weighted by Crippen LogP contribution is 2.20. The molecule has 0 atom stereocenters. The maximum Gasteiger partial charge on any atom is 0.210 e. The van der Waals surface area contributed by atoms with Crippen LogP contribution in [-0.4, -0.2) is 20.7 Å². The standard InChI is InChI=1S/C9H10BrN3O2S/c10-8-2-1-7(6-11)9(5-8)13-3-4-16(12,14)15/h1-2,5,13H,3-4H2,(H2,12,14,15). The van der Waals surface area contributed by atoms with Crippen molar-refractivity contribution in [1.82, 2.24) is 0 Å². The minimum atomic E-state index is -3.48. The summed E-state index contributed by atoms with van der Waals surface area (Å²) in [4.78, 5) is 0. The van der Waals surface area contributed by atoms with Gasteiger partial charge in [-0.1, -0.05) is 15.9 Å². The molecule has 5 nitrogen and oxygen atoms in total. The van der Waals surface area contributed by atoms with E-state index in [9.17, 15) is 8.42 Å². The maximum absolute atomic E-state index is 10.7. The molecule has 3 N–H and O–H groups in total. The second kappa shape index (κ2) is 5.30. The van der Waals surface area contributed by atoms with E-state index < -0.39 is 10.0 Å². The molecule has 7 heteroatoms. The van der Waals surface area contributed by atoms with Gasteiger partial charge in [0.15, 0.2) is 0 Å². The van der Waals surface area contributed by atoms with E-state index in [0.717, 1.165) is 4.47 Å². The third-order valence-electron chi connectivity index (χ3n) is 1.80. The van der Waals surface area contributed by atoms with Crippen LogP contribution in [0.3, 0.4) is 0 Å². The normalized spacial score (nSPS) is 10.8. The van der Waals surface area contributed by atoms with Crippen LogP contribution in [-0.2, 0) is 10.0 Å². The summed E-state index contributed by atoms with van der Waals surface area (Å²) in [5, 5.41) is 16.5. The van der Waals surface area contributed by atoms with Gasteiger partial charge in [-0.2, -0.15) is 5.26 Å². The molecule has 16 heavy (non-hydrogen) atoms. The van der Waals surface area contributed by atoms with Crippen LogP contribution in [0.25, 0.3) is 0 Å². The molecule has 0 bridgehead atoms. The summed E-state index contributed by atoms with van der Waals surface area (Å²) in [7, 11) is -3.48. The molecule has 0 fully saturated rings. The molecule has 0 heterocycles. The van der Waals surface area contributed by atoms with Crippen LogP contribution >= 0.6 is 15.9 Å². The van der Waals surface area contributed by atoms with Gasteiger partial charge < -0.3 is 5.32 Å². The fourth-order valence-corrected chi connectivity index (χ4v) is 1.84. The number of nitrogens with zero attached hydrogens (tertiary/aromatic N) is 1. The summed E-state index contributed by atoms with van der Waals surface area (Å²) in [5.74, 6) is -0.176. The number of nitrogens with one attached hydrogen (secondary N) is 1. The largest absolute Gasteiger partial charge is 0.383 e. The Morgan fingerprint density at radius 1 is 1.50 bits per heavy atom. The molecule has 0 aromatic heterocycles. The number of benzene rings is 1. The summed E-state index contributed by atoms with van der Waals surface area (Å²) >= 11 is 3.26. The van der Waals surface area contributed by atoms with Gasteiger partial charge in [-0.05, 0) is 18.2 Å². The lowest BCUT2D eigenvalue weighted by molar-refractivity contribution is 0.598. The van der Waals surface area contributed by atoms with Crippen molar-refractivity contribution in [2.75, 3.05) is 17.6 Å². The second-order valence-electron chi connectivity index (χ2n) is 3.10. The van der Waals surface area contributed by atoms with Crippen LogP contribution in [0.5, 0.6) is 0 Å². The van der Waals surface area contributed by atoms with Crippen molar-refractivity contribution < 1.29 is 8.42 Å². The Kier molecular flexibility index (Phi) is 4.29. The molecule has 0 saturated carbocycles. The average Bonchev–Trinajstić information content (AvgIpc) is 2.16. The van der Waals surface area contributed by atoms with Gasteiger partial charge in [0.2, 0.25) is 10.0 Å². The Hall–Kier alpha value is -1.10. The molecular weight excluding hydrogens is 294 g/mol. The van der Waals surface area contributed by atoms with Crippen molar-refractivity contribution in [1.29, 1.82) is 5.26 Å². The summed E-state index contributed by atoms with van der Waals surface area (Å²) in [6.07, 6.45) is 0. The van der Waals surface area contributed by atoms with Crippen LogP contribution < -0.4 is 10.5 Å². The second-order valence-corrected chi connectivity index (χ2v) is 5.75. The Morgan fingerprint density at radius 3 is 2.75 bits per heavy atom. The van der Waals surface area contributed by atoms with Crippen LogP contribution in [0, 0.1) is 11.3 Å². The quantitative estimate of drug-likeness (QED) is 0.868. The molecule has 0 aliphatic heterocycles. The first-order valence-corrected chi connectivity index (χ1v) is 6.87. The van der Waals surface area contributed by atoms with E-state index in [-0.39, 0.29) is 12.3 Å². The zero-order valence-electron chi connectivity index (χ0n) is 8.27. The first-order chi connectivity index (χ1) is 7.42. The minimum Gasteiger partial charge on any atom is -0.383 e. The molecule has 0 unspecified atom stereocenters. The van der Waals surface area contributed by atoms with Crippen molar-refractivity contribution in [3.05, 3.63) is 28.2 Å². The smallest absolute Gasteiger partial charge is 0.210 e. The number of hydrogen-bond acceptors (Lipinski definition) is 4. The van der Waals surface area contributed by atoms with Gasteiger partial charge >= 0.3 is 0 Å². The lowest BCUT2D eigenvalue weighted by atomic mass is 10.2. The number of anilines is 1. The number of rotatable bonds is 4. The van der Waals surface area contributed by atoms with Gasteiger partial charge in [0.25, 0.3) is 0 Å². The fraction of sp³-hybridized carbons (Fsp3) is 0.222. The highest BCUT2D eigenvalue weighted by atomic mass is 79.9. The molecule has 0 amide bonds. The third kappa shape index (κ3) is 4.18. The van der Waals surface area contributed by atoms with Gasteiger partial charge in [0.05, 0.1) is 17.0 Å². The topological polar surface area (TPSA) is 96.0 Å². The maximum atomic E-state index is 10.7. The van der Waals surface area contributed by atoms with Crippen LogP contribution in [0.2, 0.25) is 0 Å². The van der Waals surface area contributed by atoms with Gasteiger partial charge in [0.1, 0.15) is 6.07 Å². The van der Waals surface area contributed by atoms with Crippen molar-refractivity contribution in [3.63, 3.8) is 0 Å². The molecule has 1 rings (SSSR count). The number of nitrogens with two attached hydrogens (primary N) is 1. The van der Waals surface area contributed by atoms with Crippen molar-refractivity contribution in [2.24, 2.45) is 5.14 Å². The van der Waals surface area contributed by atoms with E-state index in [1.165, 1.54) is 0 Å². The van der Waals surface area contributed by atoms with Gasteiger partial charge in [-0.25, -0.2) is 13.6 Å². The number of nitriles is 1. The van der Waals surface area contributed by atoms with Gasteiger partial charge in [-0.15, -0.1) is 0 Å².